The summed E-state index contributed by atoms with van der Waals surface area (Å²) < 4.78 is 6.21. The Bertz CT molecular complexity index is 493. The maximum atomic E-state index is 12.0. The number of hydrogen-bond acceptors (Lipinski definition) is 4. The van der Waals surface area contributed by atoms with Crippen LogP contribution in [0.1, 0.15) is 6.92 Å². The summed E-state index contributed by atoms with van der Waals surface area (Å²) in [5.74, 6) is 2.63. The van der Waals surface area contributed by atoms with Gasteiger partial charge in [0.2, 0.25) is 0 Å². The summed E-state index contributed by atoms with van der Waals surface area (Å²) in [5.41, 5.74) is 0.00920. The molecule has 0 radical (unpaired) electrons. The number of terminal acetylenes is 1. The van der Waals surface area contributed by atoms with E-state index in [4.69, 9.17) is 22.8 Å². The van der Waals surface area contributed by atoms with E-state index in [1.165, 1.54) is 10.9 Å². The monoisotopic (exact) mass is 269 g/mol. The second-order valence-corrected chi connectivity index (χ2v) is 4.38. The third-order valence-electron chi connectivity index (χ3n) is 2.32. The van der Waals surface area contributed by atoms with E-state index in [-0.39, 0.29) is 23.0 Å². The summed E-state index contributed by atoms with van der Waals surface area (Å²) >= 11 is 5.94. The minimum absolute atomic E-state index is 0.123. The van der Waals surface area contributed by atoms with E-state index in [9.17, 15) is 4.79 Å². The van der Waals surface area contributed by atoms with Crippen LogP contribution in [0.2, 0.25) is 5.02 Å². The summed E-state index contributed by atoms with van der Waals surface area (Å²) in [7, 11) is 1.63. The minimum Gasteiger partial charge on any atom is -0.384 e. The zero-order valence-electron chi connectivity index (χ0n) is 10.4. The topological polar surface area (TPSA) is 56.1 Å². The highest BCUT2D eigenvalue weighted by atomic mass is 35.5. The molecule has 1 N–H and O–H groups in total. The molecule has 0 aliphatic carbocycles. The van der Waals surface area contributed by atoms with Gasteiger partial charge in [0, 0.05) is 13.7 Å². The lowest BCUT2D eigenvalue weighted by Gasteiger charge is -2.13. The van der Waals surface area contributed by atoms with Gasteiger partial charge in [0.25, 0.3) is 5.56 Å². The molecule has 0 spiro atoms. The van der Waals surface area contributed by atoms with Crippen LogP contribution in [0.5, 0.6) is 0 Å². The number of hydrogen-bond donors (Lipinski definition) is 1. The van der Waals surface area contributed by atoms with Crippen molar-refractivity contribution in [3.05, 3.63) is 21.6 Å². The number of nitrogens with zero attached hydrogens (tertiary/aromatic N) is 2. The van der Waals surface area contributed by atoms with E-state index in [0.29, 0.717) is 18.8 Å². The average Bonchev–Trinajstić information content (AvgIpc) is 2.33. The van der Waals surface area contributed by atoms with Gasteiger partial charge in [-0.2, -0.15) is 5.10 Å². The smallest absolute Gasteiger partial charge is 0.292 e. The largest absolute Gasteiger partial charge is 0.384 e. The number of anilines is 1. The lowest BCUT2D eigenvalue weighted by Crippen LogP contribution is -2.27. The van der Waals surface area contributed by atoms with Crippen LogP contribution >= 0.6 is 11.6 Å². The van der Waals surface area contributed by atoms with Crippen LogP contribution < -0.4 is 10.9 Å². The Morgan fingerprint density at radius 3 is 3.06 bits per heavy atom. The molecule has 0 saturated heterocycles. The Morgan fingerprint density at radius 2 is 2.44 bits per heavy atom. The number of methoxy groups -OCH3 is 1. The molecule has 0 aliphatic heterocycles. The molecule has 1 unspecified atom stereocenters. The first-order valence-corrected chi connectivity index (χ1v) is 5.89. The summed E-state index contributed by atoms with van der Waals surface area (Å²) in [6.07, 6.45) is 6.57. The molecule has 0 aromatic carbocycles. The molecule has 1 aromatic rings. The van der Waals surface area contributed by atoms with Gasteiger partial charge in [-0.25, -0.2) is 4.68 Å². The van der Waals surface area contributed by atoms with Crippen molar-refractivity contribution in [2.75, 3.05) is 25.6 Å². The van der Waals surface area contributed by atoms with Gasteiger partial charge in [-0.15, -0.1) is 6.42 Å². The molecule has 1 heterocycles. The van der Waals surface area contributed by atoms with Crippen LogP contribution in [-0.2, 0) is 11.3 Å². The maximum absolute atomic E-state index is 12.0. The summed E-state index contributed by atoms with van der Waals surface area (Å²) in [6, 6.07) is 0. The standard InChI is InChI=1S/C12H16ClN3O2/c1-4-5-16-12(17)11(10(13)7-15-16)14-6-9(2)8-18-3/h1,7,9,14H,5-6,8H2,2-3H3. The highest BCUT2D eigenvalue weighted by Crippen LogP contribution is 2.15. The van der Waals surface area contributed by atoms with Crippen molar-refractivity contribution in [3.8, 4) is 12.3 Å². The van der Waals surface area contributed by atoms with E-state index in [0.717, 1.165) is 0 Å². The predicted molar refractivity (Wildman–Crippen MR) is 71.9 cm³/mol. The van der Waals surface area contributed by atoms with Crippen LogP contribution in [0, 0.1) is 18.3 Å². The molecule has 0 bridgehead atoms. The van der Waals surface area contributed by atoms with Crippen molar-refractivity contribution in [2.45, 2.75) is 13.5 Å². The van der Waals surface area contributed by atoms with Gasteiger partial charge in [-0.3, -0.25) is 4.79 Å². The number of rotatable bonds is 6. The minimum atomic E-state index is -0.315. The zero-order valence-corrected chi connectivity index (χ0v) is 11.2. The molecular weight excluding hydrogens is 254 g/mol. The number of aromatic nitrogens is 2. The third-order valence-corrected chi connectivity index (χ3v) is 2.60. The molecule has 0 amide bonds. The number of halogens is 1. The Morgan fingerprint density at radius 1 is 1.72 bits per heavy atom. The number of nitrogens with one attached hydrogen (secondary N) is 1. The van der Waals surface area contributed by atoms with E-state index in [2.05, 4.69) is 16.3 Å². The predicted octanol–water partition coefficient (Wildman–Crippen LogP) is 1.22. The molecule has 1 rings (SSSR count). The van der Waals surface area contributed by atoms with Crippen LogP contribution in [0.15, 0.2) is 11.0 Å². The van der Waals surface area contributed by atoms with Crippen LogP contribution in [0.4, 0.5) is 5.69 Å². The second kappa shape index (κ2) is 7.04. The quantitative estimate of drug-likeness (QED) is 0.789. The molecule has 5 nitrogen and oxygen atoms in total. The van der Waals surface area contributed by atoms with Gasteiger partial charge in [0.05, 0.1) is 17.8 Å². The SMILES string of the molecule is C#CCn1ncc(Cl)c(NCC(C)COC)c1=O. The highest BCUT2D eigenvalue weighted by Gasteiger charge is 2.10. The first-order valence-electron chi connectivity index (χ1n) is 5.52. The van der Waals surface area contributed by atoms with Gasteiger partial charge in [0.1, 0.15) is 12.2 Å². The van der Waals surface area contributed by atoms with Crippen LogP contribution in [0.3, 0.4) is 0 Å². The van der Waals surface area contributed by atoms with Gasteiger partial charge in [-0.05, 0) is 5.92 Å². The van der Waals surface area contributed by atoms with Gasteiger partial charge < -0.3 is 10.1 Å². The van der Waals surface area contributed by atoms with Crippen molar-refractivity contribution < 1.29 is 4.74 Å². The average molecular weight is 270 g/mol. The van der Waals surface area contributed by atoms with Crippen molar-refractivity contribution in [1.29, 1.82) is 0 Å². The third kappa shape index (κ3) is 3.76. The van der Waals surface area contributed by atoms with E-state index in [1.807, 2.05) is 6.92 Å². The second-order valence-electron chi connectivity index (χ2n) is 3.98. The molecule has 0 fully saturated rings. The lowest BCUT2D eigenvalue weighted by atomic mass is 10.2. The lowest BCUT2D eigenvalue weighted by molar-refractivity contribution is 0.164. The first-order chi connectivity index (χ1) is 8.60. The number of ether oxygens (including phenoxy) is 1. The summed E-state index contributed by atoms with van der Waals surface area (Å²) in [6.45, 7) is 3.32. The Labute approximate surface area is 111 Å². The fourth-order valence-corrected chi connectivity index (χ4v) is 1.64. The van der Waals surface area contributed by atoms with Crippen molar-refractivity contribution in [3.63, 3.8) is 0 Å². The molecular formula is C12H16ClN3O2. The first kappa shape index (κ1) is 14.6. The fourth-order valence-electron chi connectivity index (χ4n) is 1.45. The Kier molecular flexibility index (Phi) is 5.69. The van der Waals surface area contributed by atoms with Crippen LogP contribution in [0.25, 0.3) is 0 Å². The Balaban J connectivity index is 2.85. The summed E-state index contributed by atoms with van der Waals surface area (Å²) in [5, 5.41) is 7.16. The Hall–Kier alpha value is -1.51. The van der Waals surface area contributed by atoms with Crippen LogP contribution in [-0.4, -0.2) is 30.0 Å². The molecule has 98 valence electrons. The van der Waals surface area contributed by atoms with Gasteiger partial charge in [-0.1, -0.05) is 24.4 Å². The normalized spacial score (nSPS) is 11.9. The molecule has 1 aromatic heterocycles. The molecule has 18 heavy (non-hydrogen) atoms. The van der Waals surface area contributed by atoms with Crippen molar-refractivity contribution in [1.82, 2.24) is 9.78 Å². The molecule has 0 aliphatic rings. The van der Waals surface area contributed by atoms with E-state index >= 15 is 0 Å². The van der Waals surface area contributed by atoms with E-state index < -0.39 is 0 Å². The maximum Gasteiger partial charge on any atom is 0.292 e. The molecule has 0 saturated carbocycles. The highest BCUT2D eigenvalue weighted by molar-refractivity contribution is 6.32. The molecule has 6 heteroatoms. The van der Waals surface area contributed by atoms with Crippen molar-refractivity contribution >= 4 is 17.3 Å². The van der Waals surface area contributed by atoms with Crippen molar-refractivity contribution in [2.24, 2.45) is 5.92 Å². The van der Waals surface area contributed by atoms with Gasteiger partial charge >= 0.3 is 0 Å². The van der Waals surface area contributed by atoms with Gasteiger partial charge in [0.15, 0.2) is 0 Å². The molecule has 1 atom stereocenters. The fraction of sp³-hybridized carbons (Fsp3) is 0.500. The zero-order chi connectivity index (χ0) is 13.5. The summed E-state index contributed by atoms with van der Waals surface area (Å²) in [4.78, 5) is 12.0. The van der Waals surface area contributed by atoms with E-state index in [1.54, 1.807) is 7.11 Å².